The maximum absolute atomic E-state index is 13.9. The summed E-state index contributed by atoms with van der Waals surface area (Å²) < 4.78 is 48.0. The lowest BCUT2D eigenvalue weighted by Gasteiger charge is -2.21. The first kappa shape index (κ1) is 16.8. The summed E-state index contributed by atoms with van der Waals surface area (Å²) in [7, 11) is 2.40. The van der Waals surface area contributed by atoms with Gasteiger partial charge in [0.15, 0.2) is 28.9 Å². The molecule has 0 bridgehead atoms. The fraction of sp³-hybridized carbons (Fsp3) is 0.235. The average molecular weight is 351 g/mol. The Hall–Kier alpha value is -3.03. The number of hydrogen-bond acceptors (Lipinski definition) is 6. The van der Waals surface area contributed by atoms with Crippen molar-refractivity contribution in [3.05, 3.63) is 41.5 Å². The molecule has 1 N–H and O–H groups in total. The van der Waals surface area contributed by atoms with Gasteiger partial charge in [0.25, 0.3) is 0 Å². The highest BCUT2D eigenvalue weighted by atomic mass is 19.1. The molecule has 1 aliphatic rings. The second-order valence-electron chi connectivity index (χ2n) is 5.13. The van der Waals surface area contributed by atoms with Crippen LogP contribution in [0.25, 0.3) is 0 Å². The Morgan fingerprint density at radius 2 is 1.64 bits per heavy atom. The van der Waals surface area contributed by atoms with Crippen molar-refractivity contribution in [3.63, 3.8) is 0 Å². The first-order valence-corrected chi connectivity index (χ1v) is 7.35. The van der Waals surface area contributed by atoms with Crippen molar-refractivity contribution in [3.8, 4) is 17.2 Å². The highest BCUT2D eigenvalue weighted by Crippen LogP contribution is 2.37. The minimum absolute atomic E-state index is 0.0950. The van der Waals surface area contributed by atoms with E-state index < -0.39 is 23.4 Å². The van der Waals surface area contributed by atoms with E-state index in [2.05, 4.69) is 10.1 Å². The van der Waals surface area contributed by atoms with Crippen molar-refractivity contribution in [2.24, 2.45) is 0 Å². The second kappa shape index (κ2) is 6.84. The van der Waals surface area contributed by atoms with E-state index in [4.69, 9.17) is 14.2 Å². The molecule has 3 rings (SSSR count). The first-order valence-electron chi connectivity index (χ1n) is 7.35. The van der Waals surface area contributed by atoms with Gasteiger partial charge in [-0.3, -0.25) is 0 Å². The summed E-state index contributed by atoms with van der Waals surface area (Å²) in [6.07, 6.45) is 0. The van der Waals surface area contributed by atoms with Crippen LogP contribution in [-0.4, -0.2) is 33.4 Å². The predicted molar refractivity (Wildman–Crippen MR) is 85.0 cm³/mol. The fourth-order valence-corrected chi connectivity index (χ4v) is 2.45. The van der Waals surface area contributed by atoms with Crippen LogP contribution in [0.2, 0.25) is 0 Å². The van der Waals surface area contributed by atoms with E-state index in [-0.39, 0.29) is 16.9 Å². The number of hydrogen-bond donors (Lipinski definition) is 1. The van der Waals surface area contributed by atoms with Crippen LogP contribution in [0.3, 0.4) is 0 Å². The van der Waals surface area contributed by atoms with Gasteiger partial charge in [-0.2, -0.15) is 0 Å². The summed E-state index contributed by atoms with van der Waals surface area (Å²) in [6, 6.07) is 5.08. The first-order chi connectivity index (χ1) is 12.0. The van der Waals surface area contributed by atoms with E-state index >= 15 is 0 Å². The number of anilines is 2. The smallest absolute Gasteiger partial charge is 0.340 e. The molecule has 6 nitrogen and oxygen atoms in total. The van der Waals surface area contributed by atoms with Crippen LogP contribution in [0.5, 0.6) is 17.2 Å². The zero-order valence-corrected chi connectivity index (χ0v) is 13.5. The van der Waals surface area contributed by atoms with Gasteiger partial charge in [-0.05, 0) is 0 Å². The standard InChI is InChI=1S/C17H15F2NO5/c1-22-16-11(18)5-9(6-12(16)19)20-13-8-15-14(24-3-4-25-15)7-10(13)17(21)23-2/h5-8,20H,3-4H2,1-2H3. The van der Waals surface area contributed by atoms with E-state index in [1.165, 1.54) is 26.4 Å². The van der Waals surface area contributed by atoms with Gasteiger partial charge in [-0.25, -0.2) is 13.6 Å². The molecule has 132 valence electrons. The number of halogens is 2. The van der Waals surface area contributed by atoms with E-state index in [1.54, 1.807) is 0 Å². The van der Waals surface area contributed by atoms with Gasteiger partial charge in [-0.15, -0.1) is 0 Å². The van der Waals surface area contributed by atoms with E-state index in [0.717, 1.165) is 12.1 Å². The largest absolute Gasteiger partial charge is 0.491 e. The molecule has 1 aliphatic heterocycles. The fourth-order valence-electron chi connectivity index (χ4n) is 2.45. The van der Waals surface area contributed by atoms with Gasteiger partial charge < -0.3 is 24.3 Å². The van der Waals surface area contributed by atoms with Gasteiger partial charge in [0.1, 0.15) is 13.2 Å². The monoisotopic (exact) mass is 351 g/mol. The number of nitrogens with one attached hydrogen (secondary N) is 1. The third kappa shape index (κ3) is 3.28. The average Bonchev–Trinajstić information content (AvgIpc) is 2.60. The topological polar surface area (TPSA) is 66.0 Å². The highest BCUT2D eigenvalue weighted by Gasteiger charge is 2.21. The van der Waals surface area contributed by atoms with E-state index in [1.807, 2.05) is 0 Å². The van der Waals surface area contributed by atoms with Crippen molar-refractivity contribution in [2.45, 2.75) is 0 Å². The van der Waals surface area contributed by atoms with Crippen molar-refractivity contribution >= 4 is 17.3 Å². The molecule has 25 heavy (non-hydrogen) atoms. The molecule has 2 aromatic carbocycles. The number of carbonyl (C=O) groups is 1. The van der Waals surface area contributed by atoms with Crippen molar-refractivity contribution in [1.29, 1.82) is 0 Å². The quantitative estimate of drug-likeness (QED) is 0.853. The Kier molecular flexibility index (Phi) is 4.60. The van der Waals surface area contributed by atoms with Crippen molar-refractivity contribution in [1.82, 2.24) is 0 Å². The molecule has 0 amide bonds. The zero-order chi connectivity index (χ0) is 18.0. The molecule has 0 aromatic heterocycles. The highest BCUT2D eigenvalue weighted by molar-refractivity contribution is 5.97. The van der Waals surface area contributed by atoms with Crippen LogP contribution in [0.4, 0.5) is 20.2 Å². The Balaban J connectivity index is 2.02. The van der Waals surface area contributed by atoms with Crippen LogP contribution < -0.4 is 19.5 Å². The number of ether oxygens (including phenoxy) is 4. The number of esters is 1. The number of benzene rings is 2. The second-order valence-corrected chi connectivity index (χ2v) is 5.13. The Bertz CT molecular complexity index is 802. The molecule has 1 heterocycles. The number of methoxy groups -OCH3 is 2. The lowest BCUT2D eigenvalue weighted by molar-refractivity contribution is 0.0601. The van der Waals surface area contributed by atoms with Gasteiger partial charge in [0, 0.05) is 30.0 Å². The summed E-state index contributed by atoms with van der Waals surface area (Å²) >= 11 is 0. The summed E-state index contributed by atoms with van der Waals surface area (Å²) in [6.45, 7) is 0.713. The third-order valence-electron chi connectivity index (χ3n) is 3.57. The molecule has 0 fully saturated rings. The number of rotatable bonds is 4. The molecule has 0 spiro atoms. The number of fused-ring (bicyclic) bond motifs is 1. The lowest BCUT2D eigenvalue weighted by atomic mass is 10.1. The lowest BCUT2D eigenvalue weighted by Crippen LogP contribution is -2.17. The van der Waals surface area contributed by atoms with Crippen LogP contribution in [-0.2, 0) is 4.74 Å². The maximum atomic E-state index is 13.9. The summed E-state index contributed by atoms with van der Waals surface area (Å²) in [5.74, 6) is -2.06. The molecule has 0 atom stereocenters. The third-order valence-corrected chi connectivity index (χ3v) is 3.57. The molecule has 0 saturated heterocycles. The zero-order valence-electron chi connectivity index (χ0n) is 13.5. The van der Waals surface area contributed by atoms with Crippen LogP contribution in [0, 0.1) is 11.6 Å². The maximum Gasteiger partial charge on any atom is 0.340 e. The molecule has 0 unspecified atom stereocenters. The SMILES string of the molecule is COC(=O)c1cc2c(cc1Nc1cc(F)c(OC)c(F)c1)OCCO2. The number of carbonyl (C=O) groups excluding carboxylic acids is 1. The Morgan fingerprint density at radius 1 is 1.04 bits per heavy atom. The molecule has 2 aromatic rings. The van der Waals surface area contributed by atoms with Crippen LogP contribution in [0.1, 0.15) is 10.4 Å². The van der Waals surface area contributed by atoms with Gasteiger partial charge >= 0.3 is 5.97 Å². The van der Waals surface area contributed by atoms with Crippen molar-refractivity contribution in [2.75, 3.05) is 32.8 Å². The molecule has 0 aliphatic carbocycles. The Labute approximate surface area is 142 Å². The molecular formula is C17H15F2NO5. The molecule has 0 radical (unpaired) electrons. The van der Waals surface area contributed by atoms with Crippen LogP contribution >= 0.6 is 0 Å². The minimum atomic E-state index is -0.873. The van der Waals surface area contributed by atoms with Crippen LogP contribution in [0.15, 0.2) is 24.3 Å². The molecular weight excluding hydrogens is 336 g/mol. The minimum Gasteiger partial charge on any atom is -0.491 e. The summed E-state index contributed by atoms with van der Waals surface area (Å²) in [5.41, 5.74) is 0.501. The Morgan fingerprint density at radius 3 is 2.20 bits per heavy atom. The van der Waals surface area contributed by atoms with Gasteiger partial charge in [-0.1, -0.05) is 0 Å². The van der Waals surface area contributed by atoms with Gasteiger partial charge in [0.2, 0.25) is 0 Å². The van der Waals surface area contributed by atoms with Gasteiger partial charge in [0.05, 0.1) is 25.5 Å². The van der Waals surface area contributed by atoms with Crippen molar-refractivity contribution < 1.29 is 32.5 Å². The van der Waals surface area contributed by atoms with E-state index in [0.29, 0.717) is 24.7 Å². The summed E-state index contributed by atoms with van der Waals surface area (Å²) in [4.78, 5) is 12.0. The predicted octanol–water partition coefficient (Wildman–Crippen LogP) is 3.27. The van der Waals surface area contributed by atoms with E-state index in [9.17, 15) is 13.6 Å². The molecule has 0 saturated carbocycles. The summed E-state index contributed by atoms with van der Waals surface area (Å²) in [5, 5.41) is 2.80. The normalized spacial score (nSPS) is 12.5. The molecule has 8 heteroatoms.